The van der Waals surface area contributed by atoms with Crippen LogP contribution in [-0.2, 0) is 4.79 Å². The molecule has 0 radical (unpaired) electrons. The van der Waals surface area contributed by atoms with Crippen molar-refractivity contribution in [3.05, 3.63) is 66.6 Å². The summed E-state index contributed by atoms with van der Waals surface area (Å²) in [6.07, 6.45) is 2.18. The van der Waals surface area contributed by atoms with Crippen molar-refractivity contribution in [2.75, 3.05) is 5.32 Å². The lowest BCUT2D eigenvalue weighted by molar-refractivity contribution is -0.114. The number of nitrogens with zero attached hydrogens (tertiary/aromatic N) is 3. The summed E-state index contributed by atoms with van der Waals surface area (Å²) in [5.41, 5.74) is 4.05. The fraction of sp³-hybridized carbons (Fsp3) is 0.0909. The van der Waals surface area contributed by atoms with E-state index in [-0.39, 0.29) is 11.6 Å². The van der Waals surface area contributed by atoms with Gasteiger partial charge in [-0.3, -0.25) is 9.78 Å². The van der Waals surface area contributed by atoms with Crippen LogP contribution in [0.3, 0.4) is 0 Å². The highest BCUT2D eigenvalue weighted by Gasteiger charge is 2.20. The van der Waals surface area contributed by atoms with Gasteiger partial charge >= 0.3 is 0 Å². The predicted octanol–water partition coefficient (Wildman–Crippen LogP) is 5.23. The maximum absolute atomic E-state index is 13.3. The number of carbonyl (C=O) groups is 1. The molecule has 1 amide bonds. The number of rotatable bonds is 5. The number of alkyl halides is 2. The zero-order chi connectivity index (χ0) is 21.3. The van der Waals surface area contributed by atoms with Crippen LogP contribution in [0.2, 0.25) is 0 Å². The van der Waals surface area contributed by atoms with Crippen molar-refractivity contribution in [1.82, 2.24) is 19.9 Å². The van der Waals surface area contributed by atoms with E-state index in [2.05, 4.69) is 31.8 Å². The minimum atomic E-state index is -2.69. The second kappa shape index (κ2) is 7.82. The number of H-pyrrole nitrogens is 1. The van der Waals surface area contributed by atoms with Crippen LogP contribution in [0.15, 0.2) is 55.4 Å². The van der Waals surface area contributed by atoms with Gasteiger partial charge in [0.15, 0.2) is 0 Å². The molecule has 2 N–H and O–H groups in total. The molecule has 30 heavy (non-hydrogen) atoms. The summed E-state index contributed by atoms with van der Waals surface area (Å²) in [7, 11) is 0. The van der Waals surface area contributed by atoms with Gasteiger partial charge in [-0.05, 0) is 30.3 Å². The van der Waals surface area contributed by atoms with Crippen molar-refractivity contribution in [3.63, 3.8) is 0 Å². The number of halogens is 2. The lowest BCUT2D eigenvalue weighted by Crippen LogP contribution is -2.07. The average Bonchev–Trinajstić information content (AvgIpc) is 3.13. The zero-order valence-corrected chi connectivity index (χ0v) is 16.0. The number of amides is 1. The average molecular weight is 405 g/mol. The van der Waals surface area contributed by atoms with E-state index in [9.17, 15) is 13.6 Å². The largest absolute Gasteiger partial charge is 0.352 e. The molecule has 4 rings (SSSR count). The molecule has 0 unspecified atom stereocenters. The zero-order valence-electron chi connectivity index (χ0n) is 16.0. The molecule has 8 heteroatoms. The summed E-state index contributed by atoms with van der Waals surface area (Å²) in [5.74, 6) is 0.120. The molecule has 4 heterocycles. The molecule has 150 valence electrons. The van der Waals surface area contributed by atoms with Crippen LogP contribution >= 0.6 is 0 Å². The second-order valence-electron chi connectivity index (χ2n) is 6.56. The molecule has 0 saturated heterocycles. The van der Waals surface area contributed by atoms with E-state index >= 15 is 0 Å². The van der Waals surface area contributed by atoms with Crippen LogP contribution in [0.1, 0.15) is 24.6 Å². The first kappa shape index (κ1) is 19.4. The number of hydrogen-bond acceptors (Lipinski definition) is 4. The first-order valence-electron chi connectivity index (χ1n) is 9.10. The molecule has 0 saturated carbocycles. The van der Waals surface area contributed by atoms with E-state index in [0.29, 0.717) is 39.4 Å². The fourth-order valence-corrected chi connectivity index (χ4v) is 3.29. The molecular formula is C22H17F2N5O. The Kier molecular flexibility index (Phi) is 5.05. The molecule has 6 nitrogen and oxygen atoms in total. The molecule has 0 aliphatic heterocycles. The van der Waals surface area contributed by atoms with Crippen molar-refractivity contribution in [3.8, 4) is 22.5 Å². The predicted molar refractivity (Wildman–Crippen MR) is 112 cm³/mol. The topological polar surface area (TPSA) is 83.6 Å². The van der Waals surface area contributed by atoms with Crippen molar-refractivity contribution in [2.45, 2.75) is 13.3 Å². The van der Waals surface area contributed by atoms with Gasteiger partial charge in [0.2, 0.25) is 5.91 Å². The summed E-state index contributed by atoms with van der Waals surface area (Å²) < 4.78 is 26.5. The molecule has 0 bridgehead atoms. The Morgan fingerprint density at radius 1 is 1.20 bits per heavy atom. The van der Waals surface area contributed by atoms with Gasteiger partial charge in [-0.2, -0.15) is 0 Å². The first-order chi connectivity index (χ1) is 14.5. The third-order valence-corrected chi connectivity index (χ3v) is 4.54. The maximum atomic E-state index is 13.3. The number of fused-ring (bicyclic) bond motifs is 1. The second-order valence-corrected chi connectivity index (χ2v) is 6.56. The van der Waals surface area contributed by atoms with Crippen LogP contribution in [0, 0.1) is 0 Å². The van der Waals surface area contributed by atoms with Gasteiger partial charge in [0.05, 0.1) is 28.0 Å². The summed E-state index contributed by atoms with van der Waals surface area (Å²) in [5, 5.41) is 2.64. The number of carbonyl (C=O) groups excluding carboxylic acids is 1. The van der Waals surface area contributed by atoms with E-state index in [1.54, 1.807) is 48.8 Å². The number of nitrogens with one attached hydrogen (secondary N) is 2. The van der Waals surface area contributed by atoms with Crippen molar-refractivity contribution >= 4 is 28.8 Å². The maximum Gasteiger partial charge on any atom is 0.280 e. The summed E-state index contributed by atoms with van der Waals surface area (Å²) >= 11 is 0. The Morgan fingerprint density at radius 2 is 2.00 bits per heavy atom. The molecule has 0 aliphatic carbocycles. The molecular weight excluding hydrogens is 388 g/mol. The highest BCUT2D eigenvalue weighted by atomic mass is 19.3. The molecule has 0 atom stereocenters. The minimum absolute atomic E-state index is 0.251. The van der Waals surface area contributed by atoms with Gasteiger partial charge in [-0.1, -0.05) is 18.7 Å². The molecule has 0 aliphatic rings. The molecule has 0 aromatic carbocycles. The van der Waals surface area contributed by atoms with E-state index < -0.39 is 6.43 Å². The molecule has 0 spiro atoms. The summed E-state index contributed by atoms with van der Waals surface area (Å²) in [6, 6.07) is 9.74. The number of pyridine rings is 3. The Bertz CT molecular complexity index is 1270. The van der Waals surface area contributed by atoms with Crippen LogP contribution in [0.4, 0.5) is 14.6 Å². The van der Waals surface area contributed by atoms with Crippen molar-refractivity contribution in [1.29, 1.82) is 0 Å². The van der Waals surface area contributed by atoms with Crippen LogP contribution in [-0.4, -0.2) is 25.8 Å². The molecule has 4 aromatic heterocycles. The minimum Gasteiger partial charge on any atom is -0.352 e. The van der Waals surface area contributed by atoms with Gasteiger partial charge in [-0.25, -0.2) is 18.7 Å². The van der Waals surface area contributed by atoms with Crippen LogP contribution < -0.4 is 5.32 Å². The normalized spacial score (nSPS) is 11.1. The fourth-order valence-electron chi connectivity index (χ4n) is 3.29. The highest BCUT2D eigenvalue weighted by Crippen LogP contribution is 2.38. The van der Waals surface area contributed by atoms with E-state index in [1.165, 1.54) is 13.0 Å². The smallest absolute Gasteiger partial charge is 0.280 e. The first-order valence-corrected chi connectivity index (χ1v) is 9.10. The van der Waals surface area contributed by atoms with Crippen LogP contribution in [0.5, 0.6) is 0 Å². The standard InChI is InChI=1S/C22H17F2N5O/c1-3-13-7-10-26-21-18(15-5-4-6-16(28-15)22(23)24)19(29-20(13)21)14-8-9-25-17(11-14)27-12(2)30/h3-11,22,29H,1H2,2H3,(H,25,27,30). The number of hydrogen-bond donors (Lipinski definition) is 2. The van der Waals surface area contributed by atoms with Crippen molar-refractivity contribution < 1.29 is 13.6 Å². The quantitative estimate of drug-likeness (QED) is 0.476. The monoisotopic (exact) mass is 405 g/mol. The van der Waals surface area contributed by atoms with Gasteiger partial charge < -0.3 is 10.3 Å². The number of aromatic amines is 1. The molecule has 0 fully saturated rings. The molecule has 4 aromatic rings. The van der Waals surface area contributed by atoms with Gasteiger partial charge in [-0.15, -0.1) is 0 Å². The highest BCUT2D eigenvalue weighted by molar-refractivity contribution is 6.03. The van der Waals surface area contributed by atoms with Crippen molar-refractivity contribution in [2.24, 2.45) is 0 Å². The summed E-state index contributed by atoms with van der Waals surface area (Å²) in [4.78, 5) is 27.5. The van der Waals surface area contributed by atoms with E-state index in [0.717, 1.165) is 5.56 Å². The lowest BCUT2D eigenvalue weighted by Gasteiger charge is -2.08. The Balaban J connectivity index is 2.00. The Hall–Kier alpha value is -3.94. The van der Waals surface area contributed by atoms with Crippen LogP contribution in [0.25, 0.3) is 39.6 Å². The van der Waals surface area contributed by atoms with E-state index in [4.69, 9.17) is 0 Å². The summed E-state index contributed by atoms with van der Waals surface area (Å²) in [6.45, 7) is 5.22. The Labute approximate surface area is 170 Å². The van der Waals surface area contributed by atoms with Gasteiger partial charge in [0, 0.05) is 30.4 Å². The SMILES string of the molecule is C=Cc1ccnc2c(-c3cccc(C(F)F)n3)c(-c3ccnc(NC(C)=O)c3)[nH]c12. The third-order valence-electron chi connectivity index (χ3n) is 4.54. The van der Waals surface area contributed by atoms with Gasteiger partial charge in [0.1, 0.15) is 11.5 Å². The Morgan fingerprint density at radius 3 is 2.73 bits per heavy atom. The third kappa shape index (κ3) is 3.55. The van der Waals surface area contributed by atoms with Gasteiger partial charge in [0.25, 0.3) is 6.43 Å². The lowest BCUT2D eigenvalue weighted by atomic mass is 10.0. The number of aromatic nitrogens is 4. The number of anilines is 1. The van der Waals surface area contributed by atoms with E-state index in [1.807, 2.05) is 0 Å².